The van der Waals surface area contributed by atoms with E-state index >= 15 is 0 Å². The first-order chi connectivity index (χ1) is 8.76. The van der Waals surface area contributed by atoms with Crippen molar-refractivity contribution in [3.8, 4) is 11.5 Å². The van der Waals surface area contributed by atoms with Crippen molar-refractivity contribution in [2.24, 2.45) is 0 Å². The van der Waals surface area contributed by atoms with E-state index in [0.29, 0.717) is 12.6 Å². The van der Waals surface area contributed by atoms with Crippen molar-refractivity contribution < 1.29 is 14.2 Å². The van der Waals surface area contributed by atoms with Crippen molar-refractivity contribution in [1.29, 1.82) is 0 Å². The van der Waals surface area contributed by atoms with Crippen molar-refractivity contribution in [2.75, 3.05) is 27.4 Å². The van der Waals surface area contributed by atoms with Crippen LogP contribution in [0.3, 0.4) is 0 Å². The third-order valence-electron chi connectivity index (χ3n) is 3.91. The minimum atomic E-state index is -0.160. The predicted molar refractivity (Wildman–Crippen MR) is 68.2 cm³/mol. The first-order valence-electron chi connectivity index (χ1n) is 6.38. The summed E-state index contributed by atoms with van der Waals surface area (Å²) < 4.78 is 17.0. The van der Waals surface area contributed by atoms with E-state index in [0.717, 1.165) is 30.9 Å². The van der Waals surface area contributed by atoms with Gasteiger partial charge in [0.2, 0.25) is 0 Å². The highest BCUT2D eigenvalue weighted by molar-refractivity contribution is 5.44. The molecule has 3 rings (SSSR count). The van der Waals surface area contributed by atoms with Gasteiger partial charge in [0, 0.05) is 30.5 Å². The maximum Gasteiger partial charge on any atom is 0.136 e. The zero-order chi connectivity index (χ0) is 12.6. The highest BCUT2D eigenvalue weighted by Gasteiger charge is 2.43. The molecule has 0 aromatic heterocycles. The lowest BCUT2D eigenvalue weighted by atomic mass is 9.86. The van der Waals surface area contributed by atoms with Gasteiger partial charge in [-0.3, -0.25) is 0 Å². The fourth-order valence-corrected chi connectivity index (χ4v) is 2.86. The van der Waals surface area contributed by atoms with Crippen LogP contribution in [0.15, 0.2) is 18.2 Å². The van der Waals surface area contributed by atoms with Crippen LogP contribution in [0.2, 0.25) is 0 Å². The number of hydrogen-bond donors (Lipinski definition) is 1. The third kappa shape index (κ3) is 1.85. The van der Waals surface area contributed by atoms with Crippen molar-refractivity contribution >= 4 is 0 Å². The molecule has 2 aliphatic rings. The molecule has 2 heterocycles. The van der Waals surface area contributed by atoms with E-state index in [-0.39, 0.29) is 5.60 Å². The van der Waals surface area contributed by atoms with Crippen LogP contribution in [0.25, 0.3) is 0 Å². The number of fused-ring (bicyclic) bond motifs is 1. The van der Waals surface area contributed by atoms with Gasteiger partial charge in [0.15, 0.2) is 0 Å². The number of ether oxygens (including phenoxy) is 3. The third-order valence-corrected chi connectivity index (χ3v) is 3.91. The van der Waals surface area contributed by atoms with E-state index in [4.69, 9.17) is 14.2 Å². The summed E-state index contributed by atoms with van der Waals surface area (Å²) in [5, 5.41) is 3.37. The van der Waals surface area contributed by atoms with E-state index in [2.05, 4.69) is 11.4 Å². The zero-order valence-electron chi connectivity index (χ0n) is 10.9. The zero-order valence-corrected chi connectivity index (χ0v) is 10.9. The first-order valence-corrected chi connectivity index (χ1v) is 6.38. The predicted octanol–water partition coefficient (Wildman–Crippen LogP) is 1.90. The Morgan fingerprint density at radius 3 is 3.00 bits per heavy atom. The van der Waals surface area contributed by atoms with Crippen LogP contribution >= 0.6 is 0 Å². The maximum absolute atomic E-state index is 6.21. The highest BCUT2D eigenvalue weighted by atomic mass is 16.6. The summed E-state index contributed by atoms with van der Waals surface area (Å²) in [4.78, 5) is 0. The van der Waals surface area contributed by atoms with Gasteiger partial charge in [0.05, 0.1) is 20.3 Å². The number of hydrogen-bond acceptors (Lipinski definition) is 4. The Labute approximate surface area is 107 Å². The Balaban J connectivity index is 1.98. The van der Waals surface area contributed by atoms with Crippen molar-refractivity contribution in [3.63, 3.8) is 0 Å². The van der Waals surface area contributed by atoms with Gasteiger partial charge in [-0.25, -0.2) is 0 Å². The van der Waals surface area contributed by atoms with Gasteiger partial charge in [0.25, 0.3) is 0 Å². The first kappa shape index (κ1) is 11.8. The van der Waals surface area contributed by atoms with Crippen LogP contribution in [0.5, 0.6) is 11.5 Å². The fourth-order valence-electron chi connectivity index (χ4n) is 2.86. The van der Waals surface area contributed by atoms with Crippen LogP contribution in [0, 0.1) is 0 Å². The fraction of sp³-hybridized carbons (Fsp3) is 0.571. The van der Waals surface area contributed by atoms with Crippen LogP contribution in [0.1, 0.15) is 24.4 Å². The van der Waals surface area contributed by atoms with E-state index in [1.54, 1.807) is 7.11 Å². The summed E-state index contributed by atoms with van der Waals surface area (Å²) in [6, 6.07) is 6.36. The monoisotopic (exact) mass is 249 g/mol. The van der Waals surface area contributed by atoms with Gasteiger partial charge < -0.3 is 19.5 Å². The van der Waals surface area contributed by atoms with Gasteiger partial charge in [-0.15, -0.1) is 0 Å². The Bertz CT molecular complexity index is 441. The normalized spacial score (nSPS) is 30.0. The second-order valence-corrected chi connectivity index (χ2v) is 5.04. The minimum Gasteiger partial charge on any atom is -0.497 e. The summed E-state index contributed by atoms with van der Waals surface area (Å²) in [6.07, 6.45) is 1.92. The van der Waals surface area contributed by atoms with E-state index in [9.17, 15) is 0 Å². The number of rotatable bonds is 2. The number of methoxy groups -OCH3 is 1. The van der Waals surface area contributed by atoms with Crippen molar-refractivity contribution in [2.45, 2.75) is 24.5 Å². The molecular weight excluding hydrogens is 230 g/mol. The molecule has 4 heteroatoms. The summed E-state index contributed by atoms with van der Waals surface area (Å²) in [6.45, 7) is 1.47. The lowest BCUT2D eigenvalue weighted by Gasteiger charge is -2.39. The molecule has 1 aromatic carbocycles. The largest absolute Gasteiger partial charge is 0.497 e. The Hall–Kier alpha value is -1.26. The smallest absolute Gasteiger partial charge is 0.136 e. The molecule has 0 bridgehead atoms. The molecule has 18 heavy (non-hydrogen) atoms. The average Bonchev–Trinajstić information content (AvgIpc) is 2.84. The molecule has 2 atom stereocenters. The second-order valence-electron chi connectivity index (χ2n) is 5.04. The minimum absolute atomic E-state index is 0.160. The SMILES string of the molecule is CNC1CC2(CCOC2)Oc2cc(OC)ccc21. The molecule has 0 aliphatic carbocycles. The molecule has 0 amide bonds. The Kier molecular flexibility index (Phi) is 2.92. The van der Waals surface area contributed by atoms with Gasteiger partial charge in [-0.2, -0.15) is 0 Å². The summed E-state index contributed by atoms with van der Waals surface area (Å²) in [7, 11) is 3.67. The standard InChI is InChI=1S/C14H19NO3/c1-15-12-8-14(5-6-17-9-14)18-13-7-10(16-2)3-4-11(12)13/h3-4,7,12,15H,5-6,8-9H2,1-2H3. The molecule has 1 spiro atoms. The van der Waals surface area contributed by atoms with Gasteiger partial charge >= 0.3 is 0 Å². The molecule has 98 valence electrons. The quantitative estimate of drug-likeness (QED) is 0.869. The molecule has 0 saturated carbocycles. The molecule has 1 fully saturated rings. The molecule has 2 unspecified atom stereocenters. The summed E-state index contributed by atoms with van der Waals surface area (Å²) >= 11 is 0. The Morgan fingerprint density at radius 2 is 2.33 bits per heavy atom. The van der Waals surface area contributed by atoms with Gasteiger partial charge in [-0.1, -0.05) is 6.07 Å². The van der Waals surface area contributed by atoms with Crippen LogP contribution in [-0.4, -0.2) is 33.0 Å². The molecule has 1 N–H and O–H groups in total. The molecule has 1 saturated heterocycles. The van der Waals surface area contributed by atoms with Gasteiger partial charge in [-0.05, 0) is 13.1 Å². The summed E-state index contributed by atoms with van der Waals surface area (Å²) in [5.41, 5.74) is 1.04. The van der Waals surface area contributed by atoms with Crippen LogP contribution < -0.4 is 14.8 Å². The van der Waals surface area contributed by atoms with Crippen LogP contribution in [0.4, 0.5) is 0 Å². The number of benzene rings is 1. The average molecular weight is 249 g/mol. The van der Waals surface area contributed by atoms with Crippen molar-refractivity contribution in [3.05, 3.63) is 23.8 Å². The molecule has 0 radical (unpaired) electrons. The highest BCUT2D eigenvalue weighted by Crippen LogP contribution is 2.44. The van der Waals surface area contributed by atoms with Crippen LogP contribution in [-0.2, 0) is 4.74 Å². The summed E-state index contributed by atoms with van der Waals surface area (Å²) in [5.74, 6) is 1.75. The molecule has 2 aliphatic heterocycles. The molecular formula is C14H19NO3. The van der Waals surface area contributed by atoms with Crippen molar-refractivity contribution in [1.82, 2.24) is 5.32 Å². The number of nitrogens with one attached hydrogen (secondary N) is 1. The maximum atomic E-state index is 6.21. The lowest BCUT2D eigenvalue weighted by molar-refractivity contribution is 0.0196. The van der Waals surface area contributed by atoms with E-state index < -0.39 is 0 Å². The Morgan fingerprint density at radius 1 is 1.44 bits per heavy atom. The topological polar surface area (TPSA) is 39.7 Å². The molecule has 1 aromatic rings. The van der Waals surface area contributed by atoms with E-state index in [1.807, 2.05) is 19.2 Å². The van der Waals surface area contributed by atoms with Gasteiger partial charge in [0.1, 0.15) is 17.1 Å². The van der Waals surface area contributed by atoms with E-state index in [1.165, 1.54) is 5.56 Å². The second kappa shape index (κ2) is 4.44. The molecule has 4 nitrogen and oxygen atoms in total. The lowest BCUT2D eigenvalue weighted by Crippen LogP contribution is -2.44.